The molecule has 0 aliphatic carbocycles. The van der Waals surface area contributed by atoms with Crippen molar-refractivity contribution >= 4 is 23.2 Å². The molecule has 0 spiro atoms. The first-order chi connectivity index (χ1) is 11.9. The summed E-state index contributed by atoms with van der Waals surface area (Å²) in [6.45, 7) is 4.28. The van der Waals surface area contributed by atoms with Crippen LogP contribution < -0.4 is 4.74 Å². The topological polar surface area (TPSA) is 79.7 Å². The van der Waals surface area contributed by atoms with Crippen LogP contribution in [0.4, 0.5) is 0 Å². The Morgan fingerprint density at radius 2 is 2.12 bits per heavy atom. The second-order valence-electron chi connectivity index (χ2n) is 6.67. The molecule has 3 heterocycles. The number of carbonyl (C=O) groups is 2. The van der Waals surface area contributed by atoms with Crippen molar-refractivity contribution in [1.29, 1.82) is 0 Å². The van der Waals surface area contributed by atoms with Crippen molar-refractivity contribution < 1.29 is 19.4 Å². The molecule has 7 heteroatoms. The van der Waals surface area contributed by atoms with Gasteiger partial charge in [-0.1, -0.05) is 18.2 Å². The molecule has 1 aromatic carbocycles. The Bertz CT molecular complexity index is 878. The Morgan fingerprint density at radius 3 is 2.80 bits per heavy atom. The zero-order valence-corrected chi connectivity index (χ0v) is 14.8. The fourth-order valence-corrected chi connectivity index (χ4v) is 4.75. The zero-order chi connectivity index (χ0) is 17.8. The maximum Gasteiger partial charge on any atom is 0.315 e. The van der Waals surface area contributed by atoms with E-state index in [2.05, 4.69) is 4.98 Å². The highest BCUT2D eigenvalue weighted by atomic mass is 32.1. The van der Waals surface area contributed by atoms with Crippen LogP contribution in [0.25, 0.3) is 0 Å². The number of para-hydroxylation sites is 1. The maximum absolute atomic E-state index is 13.0. The fourth-order valence-electron chi connectivity index (χ4n) is 3.87. The number of carbonyl (C=O) groups excluding carboxylic acids is 1. The number of hydrogen-bond donors (Lipinski definition) is 1. The van der Waals surface area contributed by atoms with Gasteiger partial charge >= 0.3 is 5.97 Å². The molecule has 2 aliphatic rings. The minimum atomic E-state index is -1.10. The first-order valence-electron chi connectivity index (χ1n) is 8.11. The highest BCUT2D eigenvalue weighted by Crippen LogP contribution is 2.50. The molecule has 1 saturated heterocycles. The number of benzene rings is 1. The molecular formula is C18H18N2O4S. The van der Waals surface area contributed by atoms with Crippen molar-refractivity contribution in [3.63, 3.8) is 0 Å². The summed E-state index contributed by atoms with van der Waals surface area (Å²) in [6, 6.07) is 7.49. The summed E-state index contributed by atoms with van der Waals surface area (Å²) in [6.07, 6.45) is 0. The number of amides is 1. The van der Waals surface area contributed by atoms with E-state index in [9.17, 15) is 14.7 Å². The molecular weight excluding hydrogens is 340 g/mol. The minimum Gasteiger partial charge on any atom is -0.492 e. The summed E-state index contributed by atoms with van der Waals surface area (Å²) in [7, 11) is 0. The third-order valence-electron chi connectivity index (χ3n) is 5.13. The number of thiazole rings is 1. The molecule has 0 bridgehead atoms. The van der Waals surface area contributed by atoms with E-state index in [1.54, 1.807) is 4.90 Å². The molecule has 2 atom stereocenters. The largest absolute Gasteiger partial charge is 0.492 e. The number of aromatic nitrogens is 1. The average molecular weight is 358 g/mol. The number of nitrogens with zero attached hydrogens (tertiary/aromatic N) is 2. The Balaban J connectivity index is 1.73. The predicted molar refractivity (Wildman–Crippen MR) is 92.2 cm³/mol. The van der Waals surface area contributed by atoms with E-state index in [4.69, 9.17) is 4.74 Å². The van der Waals surface area contributed by atoms with Crippen LogP contribution in [0.15, 0.2) is 24.3 Å². The van der Waals surface area contributed by atoms with E-state index in [0.29, 0.717) is 22.9 Å². The van der Waals surface area contributed by atoms with Crippen LogP contribution in [0.1, 0.15) is 31.9 Å². The first kappa shape index (κ1) is 16.1. The highest BCUT2D eigenvalue weighted by molar-refractivity contribution is 7.13. The second kappa shape index (κ2) is 5.56. The number of carboxylic acids is 1. The van der Waals surface area contributed by atoms with Crippen molar-refractivity contribution in [2.45, 2.75) is 19.8 Å². The third-order valence-corrected chi connectivity index (χ3v) is 6.19. The molecule has 1 amide bonds. The molecule has 0 unspecified atom stereocenters. The monoisotopic (exact) mass is 358 g/mol. The number of carboxylic acid groups (broad SMARTS) is 1. The highest BCUT2D eigenvalue weighted by Gasteiger charge is 2.57. The Morgan fingerprint density at radius 1 is 1.36 bits per heavy atom. The van der Waals surface area contributed by atoms with E-state index in [1.807, 2.05) is 38.1 Å². The molecule has 0 saturated carbocycles. The molecule has 6 nitrogen and oxygen atoms in total. The van der Waals surface area contributed by atoms with Crippen LogP contribution in [0.3, 0.4) is 0 Å². The predicted octanol–water partition coefficient (Wildman–Crippen LogP) is 2.46. The van der Waals surface area contributed by atoms with Crippen LogP contribution in [0.5, 0.6) is 5.75 Å². The number of fused-ring (bicyclic) bond motifs is 3. The van der Waals surface area contributed by atoms with E-state index in [1.165, 1.54) is 11.3 Å². The Kier molecular flexibility index (Phi) is 3.57. The molecule has 25 heavy (non-hydrogen) atoms. The van der Waals surface area contributed by atoms with Crippen LogP contribution in [0.2, 0.25) is 0 Å². The number of aliphatic carboxylic acids is 1. The SMILES string of the molecule is Cc1nc(C)c(C(=O)N2C[C@@H]3c4ccccc4OC[C@]3(C(=O)O)C2)s1. The molecule has 130 valence electrons. The van der Waals surface area contributed by atoms with Gasteiger partial charge in [-0.05, 0) is 19.9 Å². The summed E-state index contributed by atoms with van der Waals surface area (Å²) in [5, 5.41) is 10.8. The fraction of sp³-hybridized carbons (Fsp3) is 0.389. The number of ether oxygens (including phenoxy) is 1. The quantitative estimate of drug-likeness (QED) is 0.892. The van der Waals surface area contributed by atoms with Crippen molar-refractivity contribution in [3.8, 4) is 5.75 Å². The normalized spacial score (nSPS) is 24.4. The summed E-state index contributed by atoms with van der Waals surface area (Å²) in [4.78, 5) is 31.6. The third kappa shape index (κ3) is 2.33. The van der Waals surface area contributed by atoms with Gasteiger partial charge < -0.3 is 14.7 Å². The van der Waals surface area contributed by atoms with Gasteiger partial charge in [-0.15, -0.1) is 11.3 Å². The van der Waals surface area contributed by atoms with E-state index < -0.39 is 11.4 Å². The molecule has 1 fully saturated rings. The molecule has 1 N–H and O–H groups in total. The van der Waals surface area contributed by atoms with Gasteiger partial charge in [0.05, 0.1) is 10.7 Å². The summed E-state index contributed by atoms with van der Waals surface area (Å²) in [5.41, 5.74) is 0.463. The van der Waals surface area contributed by atoms with Crippen LogP contribution in [0, 0.1) is 19.3 Å². The lowest BCUT2D eigenvalue weighted by Crippen LogP contribution is -2.46. The molecule has 2 aliphatic heterocycles. The van der Waals surface area contributed by atoms with E-state index in [0.717, 1.165) is 10.6 Å². The summed E-state index contributed by atoms with van der Waals surface area (Å²) >= 11 is 1.35. The van der Waals surface area contributed by atoms with Crippen LogP contribution in [-0.2, 0) is 4.79 Å². The van der Waals surface area contributed by atoms with Gasteiger partial charge in [0.1, 0.15) is 22.6 Å². The number of likely N-dealkylation sites (tertiary alicyclic amines) is 1. The van der Waals surface area contributed by atoms with Crippen molar-refractivity contribution in [3.05, 3.63) is 45.4 Å². The lowest BCUT2D eigenvalue weighted by Gasteiger charge is -2.35. The van der Waals surface area contributed by atoms with Gasteiger partial charge in [-0.25, -0.2) is 4.98 Å². The van der Waals surface area contributed by atoms with Crippen LogP contribution in [-0.4, -0.2) is 46.6 Å². The van der Waals surface area contributed by atoms with Gasteiger partial charge in [-0.2, -0.15) is 0 Å². The zero-order valence-electron chi connectivity index (χ0n) is 14.0. The molecule has 1 aromatic heterocycles. The smallest absolute Gasteiger partial charge is 0.315 e. The standard InChI is InChI=1S/C18H18N2O4S/c1-10-15(25-11(2)19-10)16(21)20-7-13-12-5-3-4-6-14(12)24-9-18(13,8-20)17(22)23/h3-6,13H,7-9H2,1-2H3,(H,22,23)/t13-,18-/m1/s1. The number of aryl methyl sites for hydroxylation is 2. The minimum absolute atomic E-state index is 0.0779. The molecule has 0 radical (unpaired) electrons. The lowest BCUT2D eigenvalue weighted by molar-refractivity contribution is -0.151. The average Bonchev–Trinajstić information content (AvgIpc) is 3.15. The van der Waals surface area contributed by atoms with Gasteiger partial charge in [-0.3, -0.25) is 9.59 Å². The van der Waals surface area contributed by atoms with E-state index in [-0.39, 0.29) is 25.0 Å². The maximum atomic E-state index is 13.0. The van der Waals surface area contributed by atoms with Crippen LogP contribution >= 0.6 is 11.3 Å². The molecule has 2 aromatic rings. The van der Waals surface area contributed by atoms with Crippen molar-refractivity contribution in [2.75, 3.05) is 19.7 Å². The van der Waals surface area contributed by atoms with Gasteiger partial charge in [0.2, 0.25) is 0 Å². The summed E-state index contributed by atoms with van der Waals surface area (Å²) in [5.74, 6) is -0.619. The number of hydrogen-bond acceptors (Lipinski definition) is 5. The number of rotatable bonds is 2. The second-order valence-corrected chi connectivity index (χ2v) is 7.88. The van der Waals surface area contributed by atoms with Gasteiger partial charge in [0.25, 0.3) is 5.91 Å². The Hall–Kier alpha value is -2.41. The van der Waals surface area contributed by atoms with E-state index >= 15 is 0 Å². The molecule has 4 rings (SSSR count). The van der Waals surface area contributed by atoms with Crippen molar-refractivity contribution in [1.82, 2.24) is 9.88 Å². The first-order valence-corrected chi connectivity index (χ1v) is 8.92. The summed E-state index contributed by atoms with van der Waals surface area (Å²) < 4.78 is 5.74. The van der Waals surface area contributed by atoms with Gasteiger partial charge in [0.15, 0.2) is 0 Å². The van der Waals surface area contributed by atoms with Crippen molar-refractivity contribution in [2.24, 2.45) is 5.41 Å². The van der Waals surface area contributed by atoms with Gasteiger partial charge in [0, 0.05) is 24.6 Å². The lowest BCUT2D eigenvalue weighted by atomic mass is 9.73. The Labute approximate surface area is 149 Å².